The smallest absolute Gasteiger partial charge is 0.129 e. The van der Waals surface area contributed by atoms with Crippen molar-refractivity contribution in [2.45, 2.75) is 19.9 Å². The molecular formula is C15H16BrFN2. The number of hydrogen-bond acceptors (Lipinski definition) is 2. The fourth-order valence-electron chi connectivity index (χ4n) is 2.08. The number of aryl methyl sites for hydroxylation is 1. The lowest BCUT2D eigenvalue weighted by atomic mass is 9.98. The summed E-state index contributed by atoms with van der Waals surface area (Å²) in [5.74, 6) is -0.221. The highest BCUT2D eigenvalue weighted by molar-refractivity contribution is 9.10. The molecule has 0 aliphatic carbocycles. The van der Waals surface area contributed by atoms with Gasteiger partial charge in [-0.2, -0.15) is 0 Å². The number of pyridine rings is 1. The van der Waals surface area contributed by atoms with E-state index in [0.29, 0.717) is 5.56 Å². The molecule has 2 nitrogen and oxygen atoms in total. The molecular weight excluding hydrogens is 307 g/mol. The van der Waals surface area contributed by atoms with Crippen molar-refractivity contribution in [3.8, 4) is 0 Å². The van der Waals surface area contributed by atoms with E-state index >= 15 is 0 Å². The molecule has 1 unspecified atom stereocenters. The number of hydrogen-bond donors (Lipinski definition) is 1. The lowest BCUT2D eigenvalue weighted by Crippen LogP contribution is -2.23. The lowest BCUT2D eigenvalue weighted by molar-refractivity contribution is 0.557. The molecule has 0 saturated heterocycles. The van der Waals surface area contributed by atoms with Gasteiger partial charge in [0.15, 0.2) is 0 Å². The predicted molar refractivity (Wildman–Crippen MR) is 78.6 cm³/mol. The number of aromatic nitrogens is 1. The van der Waals surface area contributed by atoms with Gasteiger partial charge in [0.25, 0.3) is 0 Å². The minimum absolute atomic E-state index is 0.175. The highest BCUT2D eigenvalue weighted by Gasteiger charge is 2.17. The van der Waals surface area contributed by atoms with E-state index in [1.165, 1.54) is 6.07 Å². The van der Waals surface area contributed by atoms with E-state index in [2.05, 4.69) is 26.2 Å². The SMILES string of the molecule is CCNC(c1cncc(C)c1)c1ccc(Br)cc1F. The van der Waals surface area contributed by atoms with E-state index in [0.717, 1.165) is 22.1 Å². The quantitative estimate of drug-likeness (QED) is 0.920. The standard InChI is InChI=1S/C15H16BrFN2/c1-3-19-15(11-6-10(2)8-18-9-11)13-5-4-12(16)7-14(13)17/h4-9,15,19H,3H2,1-2H3. The zero-order valence-electron chi connectivity index (χ0n) is 11.0. The molecule has 0 amide bonds. The molecule has 1 N–H and O–H groups in total. The molecule has 2 rings (SSSR count). The van der Waals surface area contributed by atoms with Crippen LogP contribution in [-0.4, -0.2) is 11.5 Å². The van der Waals surface area contributed by atoms with Gasteiger partial charge in [0.1, 0.15) is 5.82 Å². The van der Waals surface area contributed by atoms with Crippen molar-refractivity contribution in [3.63, 3.8) is 0 Å². The molecule has 4 heteroatoms. The Bertz CT molecular complexity index is 572. The minimum atomic E-state index is -0.221. The van der Waals surface area contributed by atoms with Crippen molar-refractivity contribution in [1.29, 1.82) is 0 Å². The largest absolute Gasteiger partial charge is 0.306 e. The van der Waals surface area contributed by atoms with Crippen LogP contribution in [0.25, 0.3) is 0 Å². The maximum atomic E-state index is 14.1. The molecule has 0 spiro atoms. The van der Waals surface area contributed by atoms with Crippen LogP contribution in [0.3, 0.4) is 0 Å². The fourth-order valence-corrected chi connectivity index (χ4v) is 2.42. The number of nitrogens with one attached hydrogen (secondary N) is 1. The summed E-state index contributed by atoms with van der Waals surface area (Å²) < 4.78 is 14.9. The van der Waals surface area contributed by atoms with Crippen molar-refractivity contribution >= 4 is 15.9 Å². The highest BCUT2D eigenvalue weighted by Crippen LogP contribution is 2.26. The third-order valence-corrected chi connectivity index (χ3v) is 3.40. The lowest BCUT2D eigenvalue weighted by Gasteiger charge is -2.19. The summed E-state index contributed by atoms with van der Waals surface area (Å²) in [5.41, 5.74) is 2.68. The molecule has 0 radical (unpaired) electrons. The first-order chi connectivity index (χ1) is 9.11. The van der Waals surface area contributed by atoms with Gasteiger partial charge in [-0.05, 0) is 36.7 Å². The molecule has 100 valence electrons. The Morgan fingerprint density at radius 2 is 2.11 bits per heavy atom. The van der Waals surface area contributed by atoms with Crippen LogP contribution in [0.2, 0.25) is 0 Å². The zero-order chi connectivity index (χ0) is 13.8. The van der Waals surface area contributed by atoms with Crippen LogP contribution < -0.4 is 5.32 Å². The second-order valence-electron chi connectivity index (χ2n) is 4.45. The Labute approximate surface area is 121 Å². The number of halogens is 2. The van der Waals surface area contributed by atoms with Gasteiger partial charge >= 0.3 is 0 Å². The molecule has 0 aliphatic rings. The molecule has 0 fully saturated rings. The van der Waals surface area contributed by atoms with E-state index in [1.54, 1.807) is 18.5 Å². The predicted octanol–water partition coefficient (Wildman–Crippen LogP) is 3.99. The molecule has 1 atom stereocenters. The van der Waals surface area contributed by atoms with Gasteiger partial charge in [-0.3, -0.25) is 4.98 Å². The molecule has 1 aromatic heterocycles. The van der Waals surface area contributed by atoms with Crippen LogP contribution in [0.1, 0.15) is 29.7 Å². The van der Waals surface area contributed by atoms with Crippen molar-refractivity contribution in [1.82, 2.24) is 10.3 Å². The van der Waals surface area contributed by atoms with Crippen LogP contribution >= 0.6 is 15.9 Å². The van der Waals surface area contributed by atoms with Crippen molar-refractivity contribution in [3.05, 3.63) is 63.6 Å². The van der Waals surface area contributed by atoms with Gasteiger partial charge < -0.3 is 5.32 Å². The summed E-state index contributed by atoms with van der Waals surface area (Å²) >= 11 is 3.28. The summed E-state index contributed by atoms with van der Waals surface area (Å²) in [6.45, 7) is 4.75. The highest BCUT2D eigenvalue weighted by atomic mass is 79.9. The van der Waals surface area contributed by atoms with Gasteiger partial charge in [-0.25, -0.2) is 4.39 Å². The van der Waals surface area contributed by atoms with Crippen LogP contribution in [0.15, 0.2) is 41.1 Å². The Balaban J connectivity index is 2.45. The summed E-state index contributed by atoms with van der Waals surface area (Å²) in [5, 5.41) is 3.31. The summed E-state index contributed by atoms with van der Waals surface area (Å²) in [6.07, 6.45) is 3.58. The Morgan fingerprint density at radius 3 is 2.74 bits per heavy atom. The van der Waals surface area contributed by atoms with Gasteiger partial charge in [0, 0.05) is 22.4 Å². The maximum Gasteiger partial charge on any atom is 0.129 e. The van der Waals surface area contributed by atoms with E-state index in [1.807, 2.05) is 26.0 Å². The molecule has 19 heavy (non-hydrogen) atoms. The average molecular weight is 323 g/mol. The Kier molecular flexibility index (Phi) is 4.66. The van der Waals surface area contributed by atoms with E-state index < -0.39 is 0 Å². The Hall–Kier alpha value is -1.26. The normalized spacial score (nSPS) is 12.4. The number of rotatable bonds is 4. The monoisotopic (exact) mass is 322 g/mol. The number of benzene rings is 1. The zero-order valence-corrected chi connectivity index (χ0v) is 12.5. The van der Waals surface area contributed by atoms with E-state index in [4.69, 9.17) is 0 Å². The van der Waals surface area contributed by atoms with Gasteiger partial charge in [0.05, 0.1) is 6.04 Å². The van der Waals surface area contributed by atoms with Gasteiger partial charge in [-0.15, -0.1) is 0 Å². The topological polar surface area (TPSA) is 24.9 Å². The summed E-state index contributed by atoms with van der Waals surface area (Å²) in [7, 11) is 0. The van der Waals surface area contributed by atoms with E-state index in [-0.39, 0.29) is 11.9 Å². The molecule has 0 bridgehead atoms. The van der Waals surface area contributed by atoms with Crippen molar-refractivity contribution in [2.24, 2.45) is 0 Å². The van der Waals surface area contributed by atoms with E-state index in [9.17, 15) is 4.39 Å². The second-order valence-corrected chi connectivity index (χ2v) is 5.37. The molecule has 0 aliphatic heterocycles. The number of nitrogens with zero attached hydrogens (tertiary/aromatic N) is 1. The van der Waals surface area contributed by atoms with Gasteiger partial charge in [-0.1, -0.05) is 35.0 Å². The molecule has 1 aromatic carbocycles. The first kappa shape index (κ1) is 14.2. The summed E-state index contributed by atoms with van der Waals surface area (Å²) in [6, 6.07) is 7.00. The maximum absolute atomic E-state index is 14.1. The fraction of sp³-hybridized carbons (Fsp3) is 0.267. The molecule has 1 heterocycles. The van der Waals surface area contributed by atoms with Crippen LogP contribution in [-0.2, 0) is 0 Å². The first-order valence-electron chi connectivity index (χ1n) is 6.21. The second kappa shape index (κ2) is 6.26. The van der Waals surface area contributed by atoms with Crippen LogP contribution in [0, 0.1) is 12.7 Å². The van der Waals surface area contributed by atoms with Gasteiger partial charge in [0.2, 0.25) is 0 Å². The van der Waals surface area contributed by atoms with Crippen LogP contribution in [0.5, 0.6) is 0 Å². The minimum Gasteiger partial charge on any atom is -0.306 e. The third-order valence-electron chi connectivity index (χ3n) is 2.91. The first-order valence-corrected chi connectivity index (χ1v) is 7.01. The van der Waals surface area contributed by atoms with Crippen LogP contribution in [0.4, 0.5) is 4.39 Å². The van der Waals surface area contributed by atoms with Crippen molar-refractivity contribution < 1.29 is 4.39 Å². The molecule has 2 aromatic rings. The molecule has 0 saturated carbocycles. The third kappa shape index (κ3) is 3.39. The summed E-state index contributed by atoms with van der Waals surface area (Å²) in [4.78, 5) is 4.19. The van der Waals surface area contributed by atoms with Crippen molar-refractivity contribution in [2.75, 3.05) is 6.54 Å². The Morgan fingerprint density at radius 1 is 1.32 bits per heavy atom. The average Bonchev–Trinajstić information content (AvgIpc) is 2.37.